The summed E-state index contributed by atoms with van der Waals surface area (Å²) in [6, 6.07) is 0.605. The van der Waals surface area contributed by atoms with E-state index >= 15 is 0 Å². The molecule has 0 amide bonds. The van der Waals surface area contributed by atoms with Gasteiger partial charge in [0.25, 0.3) is 0 Å². The summed E-state index contributed by atoms with van der Waals surface area (Å²) in [5, 5.41) is 7.88. The number of rotatable bonds is 7. The van der Waals surface area contributed by atoms with E-state index in [0.717, 1.165) is 30.2 Å². The molecular formula is C18H37IN4S. The molecule has 1 saturated heterocycles. The summed E-state index contributed by atoms with van der Waals surface area (Å²) in [6.07, 6.45) is 10.1. The van der Waals surface area contributed by atoms with Crippen molar-refractivity contribution in [2.45, 2.75) is 63.7 Å². The van der Waals surface area contributed by atoms with E-state index in [1.165, 1.54) is 58.2 Å². The monoisotopic (exact) mass is 468 g/mol. The third kappa shape index (κ3) is 8.13. The van der Waals surface area contributed by atoms with Crippen LogP contribution >= 0.6 is 35.7 Å². The maximum atomic E-state index is 4.79. The number of nitrogens with zero attached hydrogens (tertiary/aromatic N) is 2. The zero-order chi connectivity index (χ0) is 16.5. The Balaban J connectivity index is 0.00000288. The first-order chi connectivity index (χ1) is 11.2. The molecule has 6 heteroatoms. The van der Waals surface area contributed by atoms with Crippen molar-refractivity contribution in [3.63, 3.8) is 0 Å². The van der Waals surface area contributed by atoms with E-state index in [4.69, 9.17) is 4.99 Å². The average Bonchev–Trinajstić information content (AvgIpc) is 2.99. The van der Waals surface area contributed by atoms with Gasteiger partial charge < -0.3 is 15.5 Å². The van der Waals surface area contributed by atoms with Crippen molar-refractivity contribution >= 4 is 41.7 Å². The van der Waals surface area contributed by atoms with Crippen molar-refractivity contribution in [2.24, 2.45) is 10.9 Å². The second kappa shape index (κ2) is 12.6. The Morgan fingerprint density at radius 3 is 2.79 bits per heavy atom. The first-order valence-corrected chi connectivity index (χ1v) is 10.8. The number of thioether (sulfide) groups is 1. The summed E-state index contributed by atoms with van der Waals surface area (Å²) in [7, 11) is 0. The maximum absolute atomic E-state index is 4.79. The minimum atomic E-state index is 0. The Labute approximate surface area is 170 Å². The lowest BCUT2D eigenvalue weighted by molar-refractivity contribution is 0.183. The number of hydrogen-bond acceptors (Lipinski definition) is 3. The van der Waals surface area contributed by atoms with Gasteiger partial charge in [0.15, 0.2) is 5.96 Å². The SMILES string of the molecule is CCNC(=NCCCN1CCCC(C)C1)NC1CCC(SC)C1.I. The Kier molecular flexibility index (Phi) is 11.8. The molecule has 4 nitrogen and oxygen atoms in total. The van der Waals surface area contributed by atoms with E-state index in [-0.39, 0.29) is 24.0 Å². The van der Waals surface area contributed by atoms with Crippen molar-refractivity contribution < 1.29 is 0 Å². The number of piperidine rings is 1. The lowest BCUT2D eigenvalue weighted by Gasteiger charge is -2.30. The zero-order valence-electron chi connectivity index (χ0n) is 15.7. The molecule has 2 rings (SSSR count). The van der Waals surface area contributed by atoms with Gasteiger partial charge in [-0.25, -0.2) is 0 Å². The second-order valence-corrected chi connectivity index (χ2v) is 8.31. The molecule has 0 aromatic heterocycles. The predicted molar refractivity (Wildman–Crippen MR) is 119 cm³/mol. The van der Waals surface area contributed by atoms with Crippen LogP contribution in [-0.2, 0) is 0 Å². The Morgan fingerprint density at radius 1 is 1.29 bits per heavy atom. The first kappa shape index (κ1) is 22.4. The molecule has 2 fully saturated rings. The van der Waals surface area contributed by atoms with Crippen molar-refractivity contribution in [2.75, 3.05) is 39.0 Å². The molecule has 142 valence electrons. The van der Waals surface area contributed by atoms with Gasteiger partial charge in [0, 0.05) is 30.9 Å². The van der Waals surface area contributed by atoms with E-state index in [0.29, 0.717) is 6.04 Å². The largest absolute Gasteiger partial charge is 0.357 e. The maximum Gasteiger partial charge on any atom is 0.191 e. The minimum Gasteiger partial charge on any atom is -0.357 e. The molecule has 24 heavy (non-hydrogen) atoms. The minimum absolute atomic E-state index is 0. The number of guanidine groups is 1. The van der Waals surface area contributed by atoms with Crippen molar-refractivity contribution in [1.29, 1.82) is 0 Å². The van der Waals surface area contributed by atoms with E-state index in [9.17, 15) is 0 Å². The van der Waals surface area contributed by atoms with E-state index < -0.39 is 0 Å². The zero-order valence-corrected chi connectivity index (χ0v) is 18.9. The molecule has 0 radical (unpaired) electrons. The Hall–Kier alpha value is 0.310. The van der Waals surface area contributed by atoms with Gasteiger partial charge in [-0.1, -0.05) is 6.92 Å². The lowest BCUT2D eigenvalue weighted by atomic mass is 10.0. The van der Waals surface area contributed by atoms with Crippen LogP contribution in [0.1, 0.15) is 52.4 Å². The lowest BCUT2D eigenvalue weighted by Crippen LogP contribution is -2.42. The van der Waals surface area contributed by atoms with Crippen LogP contribution in [0.4, 0.5) is 0 Å². The predicted octanol–water partition coefficient (Wildman–Crippen LogP) is 3.57. The number of aliphatic imine (C=N–C) groups is 1. The molecule has 1 aliphatic carbocycles. The molecule has 0 bridgehead atoms. The summed E-state index contributed by atoms with van der Waals surface area (Å²) < 4.78 is 0. The summed E-state index contributed by atoms with van der Waals surface area (Å²) in [5.74, 6) is 1.89. The smallest absolute Gasteiger partial charge is 0.191 e. The highest BCUT2D eigenvalue weighted by Gasteiger charge is 2.24. The van der Waals surface area contributed by atoms with Crippen LogP contribution in [-0.4, -0.2) is 61.1 Å². The van der Waals surface area contributed by atoms with Crippen LogP contribution < -0.4 is 10.6 Å². The Bertz CT molecular complexity index is 367. The second-order valence-electron chi connectivity index (χ2n) is 7.17. The molecule has 3 unspecified atom stereocenters. The van der Waals surface area contributed by atoms with Crippen molar-refractivity contribution in [1.82, 2.24) is 15.5 Å². The quantitative estimate of drug-likeness (QED) is 0.260. The summed E-state index contributed by atoms with van der Waals surface area (Å²) >= 11 is 2.01. The third-order valence-corrected chi connectivity index (χ3v) is 6.14. The van der Waals surface area contributed by atoms with E-state index in [2.05, 4.69) is 35.6 Å². The topological polar surface area (TPSA) is 39.7 Å². The number of halogens is 1. The molecule has 0 aromatic carbocycles. The van der Waals surface area contributed by atoms with Gasteiger partial charge >= 0.3 is 0 Å². The first-order valence-electron chi connectivity index (χ1n) is 9.51. The normalized spacial score (nSPS) is 28.5. The molecule has 0 aromatic rings. The van der Waals surface area contributed by atoms with E-state index in [1.807, 2.05) is 11.8 Å². The highest BCUT2D eigenvalue weighted by atomic mass is 127. The van der Waals surface area contributed by atoms with Crippen molar-refractivity contribution in [3.05, 3.63) is 0 Å². The number of hydrogen-bond donors (Lipinski definition) is 2. The van der Waals surface area contributed by atoms with Crippen LogP contribution in [0.2, 0.25) is 0 Å². The molecule has 3 atom stereocenters. The fourth-order valence-electron chi connectivity index (χ4n) is 3.77. The molecule has 0 spiro atoms. The highest BCUT2D eigenvalue weighted by molar-refractivity contribution is 14.0. The van der Waals surface area contributed by atoms with Gasteiger partial charge in [-0.15, -0.1) is 24.0 Å². The molecule has 1 heterocycles. The van der Waals surface area contributed by atoms with E-state index in [1.54, 1.807) is 0 Å². The number of likely N-dealkylation sites (tertiary alicyclic amines) is 1. The van der Waals surface area contributed by atoms with Gasteiger partial charge in [-0.3, -0.25) is 4.99 Å². The fourth-order valence-corrected chi connectivity index (χ4v) is 4.57. The summed E-state index contributed by atoms with van der Waals surface area (Å²) in [6.45, 7) is 10.1. The summed E-state index contributed by atoms with van der Waals surface area (Å²) in [4.78, 5) is 7.41. The average molecular weight is 468 g/mol. The van der Waals surface area contributed by atoms with Gasteiger partial charge in [0.1, 0.15) is 0 Å². The van der Waals surface area contributed by atoms with Crippen molar-refractivity contribution in [3.8, 4) is 0 Å². The third-order valence-electron chi connectivity index (χ3n) is 5.05. The van der Waals surface area contributed by atoms with Gasteiger partial charge in [-0.2, -0.15) is 11.8 Å². The highest BCUT2D eigenvalue weighted by Crippen LogP contribution is 2.28. The van der Waals surface area contributed by atoms with Crippen LogP contribution in [0.5, 0.6) is 0 Å². The molecule has 1 saturated carbocycles. The van der Waals surface area contributed by atoms with Crippen LogP contribution in [0, 0.1) is 5.92 Å². The van der Waals surface area contributed by atoms with Gasteiger partial charge in [0.05, 0.1) is 0 Å². The van der Waals surface area contributed by atoms with Crippen LogP contribution in [0.15, 0.2) is 4.99 Å². The molecule has 1 aliphatic heterocycles. The van der Waals surface area contributed by atoms with Gasteiger partial charge in [0.2, 0.25) is 0 Å². The summed E-state index contributed by atoms with van der Waals surface area (Å²) in [5.41, 5.74) is 0. The van der Waals surface area contributed by atoms with Crippen LogP contribution in [0.25, 0.3) is 0 Å². The number of nitrogens with one attached hydrogen (secondary N) is 2. The Morgan fingerprint density at radius 2 is 2.12 bits per heavy atom. The molecule has 2 N–H and O–H groups in total. The molecular weight excluding hydrogens is 431 g/mol. The van der Waals surface area contributed by atoms with Crippen LogP contribution in [0.3, 0.4) is 0 Å². The fraction of sp³-hybridized carbons (Fsp3) is 0.944. The molecule has 2 aliphatic rings. The van der Waals surface area contributed by atoms with Gasteiger partial charge in [-0.05, 0) is 70.7 Å². The standard InChI is InChI=1S/C18H36N4S.HI/c1-4-19-18(21-16-8-9-17(13-16)23-3)20-10-6-12-22-11-5-7-15(2)14-22;/h15-17H,4-14H2,1-3H3,(H2,19,20,21);1H.